The molecule has 2 aromatic carbocycles. The fourth-order valence-electron chi connectivity index (χ4n) is 4.61. The summed E-state index contributed by atoms with van der Waals surface area (Å²) in [6.45, 7) is 1.52. The number of para-hydroxylation sites is 1. The molecule has 0 aliphatic carbocycles. The SMILES string of the molecule is O=C(c1nc(-c2cccc(F)c2)n2c1CCCCC2)N1CCCc2ccccc21. The van der Waals surface area contributed by atoms with E-state index in [1.54, 1.807) is 6.07 Å². The van der Waals surface area contributed by atoms with E-state index in [4.69, 9.17) is 4.98 Å². The van der Waals surface area contributed by atoms with Gasteiger partial charge in [0.15, 0.2) is 5.69 Å². The Balaban J connectivity index is 1.61. The minimum atomic E-state index is -0.286. The van der Waals surface area contributed by atoms with Gasteiger partial charge >= 0.3 is 0 Å². The number of amides is 1. The number of hydrogen-bond acceptors (Lipinski definition) is 2. The van der Waals surface area contributed by atoms with E-state index >= 15 is 0 Å². The van der Waals surface area contributed by atoms with Gasteiger partial charge in [0.1, 0.15) is 11.6 Å². The van der Waals surface area contributed by atoms with Crippen LogP contribution in [-0.2, 0) is 19.4 Å². The maximum Gasteiger partial charge on any atom is 0.278 e. The number of aryl methyl sites for hydroxylation is 1. The van der Waals surface area contributed by atoms with Crippen molar-refractivity contribution in [2.24, 2.45) is 0 Å². The Kier molecular flexibility index (Phi) is 4.66. The Bertz CT molecular complexity index is 1070. The minimum Gasteiger partial charge on any atom is -0.327 e. The molecule has 0 spiro atoms. The predicted molar refractivity (Wildman–Crippen MR) is 112 cm³/mol. The van der Waals surface area contributed by atoms with E-state index < -0.39 is 0 Å². The van der Waals surface area contributed by atoms with Gasteiger partial charge in [0.05, 0.1) is 5.69 Å². The smallest absolute Gasteiger partial charge is 0.278 e. The molecule has 1 amide bonds. The standard InChI is InChI=1S/C24H24FN3O/c25-19-11-6-9-18(16-19)23-26-22(21-13-2-1-5-14-27(21)23)24(29)28-15-7-10-17-8-3-4-12-20(17)28/h3-4,6,8-9,11-12,16H,1-2,5,7,10,13-15H2. The number of imidazole rings is 1. The summed E-state index contributed by atoms with van der Waals surface area (Å²) in [4.78, 5) is 20.3. The molecule has 0 radical (unpaired) electrons. The third-order valence-electron chi connectivity index (χ3n) is 6.01. The molecule has 3 aromatic rings. The van der Waals surface area contributed by atoms with Gasteiger partial charge in [0, 0.05) is 24.3 Å². The second-order valence-electron chi connectivity index (χ2n) is 7.89. The molecule has 2 aliphatic rings. The summed E-state index contributed by atoms with van der Waals surface area (Å²) in [6.07, 6.45) is 6.01. The number of hydrogen-bond donors (Lipinski definition) is 0. The monoisotopic (exact) mass is 389 g/mol. The third-order valence-corrected chi connectivity index (χ3v) is 6.01. The van der Waals surface area contributed by atoms with Gasteiger partial charge in [-0.2, -0.15) is 0 Å². The third kappa shape index (κ3) is 3.24. The van der Waals surface area contributed by atoms with Crippen molar-refractivity contribution in [1.82, 2.24) is 9.55 Å². The second-order valence-corrected chi connectivity index (χ2v) is 7.89. The molecule has 5 heteroatoms. The van der Waals surface area contributed by atoms with Crippen molar-refractivity contribution in [3.8, 4) is 11.4 Å². The first-order valence-corrected chi connectivity index (χ1v) is 10.5. The summed E-state index contributed by atoms with van der Waals surface area (Å²) >= 11 is 0. The van der Waals surface area contributed by atoms with E-state index in [0.717, 1.165) is 62.0 Å². The molecule has 0 bridgehead atoms. The maximum atomic E-state index is 13.9. The number of anilines is 1. The Morgan fingerprint density at radius 3 is 2.72 bits per heavy atom. The quantitative estimate of drug-likeness (QED) is 0.618. The number of nitrogens with zero attached hydrogens (tertiary/aromatic N) is 3. The highest BCUT2D eigenvalue weighted by Gasteiger charge is 2.30. The van der Waals surface area contributed by atoms with Crippen LogP contribution in [0.2, 0.25) is 0 Å². The lowest BCUT2D eigenvalue weighted by atomic mass is 10.0. The Hall–Kier alpha value is -2.95. The summed E-state index contributed by atoms with van der Waals surface area (Å²) in [5.41, 5.74) is 4.46. The van der Waals surface area contributed by atoms with E-state index in [-0.39, 0.29) is 11.7 Å². The molecule has 0 saturated heterocycles. The van der Waals surface area contributed by atoms with Crippen LogP contribution in [0.25, 0.3) is 11.4 Å². The number of aromatic nitrogens is 2. The molecule has 0 unspecified atom stereocenters. The van der Waals surface area contributed by atoms with E-state index in [1.807, 2.05) is 29.2 Å². The van der Waals surface area contributed by atoms with Crippen LogP contribution in [0.1, 0.15) is 47.4 Å². The van der Waals surface area contributed by atoms with Gasteiger partial charge in [-0.25, -0.2) is 9.37 Å². The first kappa shape index (κ1) is 18.1. The Morgan fingerprint density at radius 2 is 1.83 bits per heavy atom. The molecule has 29 heavy (non-hydrogen) atoms. The summed E-state index contributed by atoms with van der Waals surface area (Å²) < 4.78 is 16.0. The second kappa shape index (κ2) is 7.47. The lowest BCUT2D eigenvalue weighted by Crippen LogP contribution is -2.36. The zero-order valence-electron chi connectivity index (χ0n) is 16.4. The van der Waals surface area contributed by atoms with Gasteiger partial charge in [0.2, 0.25) is 0 Å². The summed E-state index contributed by atoms with van der Waals surface area (Å²) in [5.74, 6) is 0.381. The molecule has 1 aromatic heterocycles. The topological polar surface area (TPSA) is 38.1 Å². The molecule has 0 N–H and O–H groups in total. The number of benzene rings is 2. The minimum absolute atomic E-state index is 0.0366. The van der Waals surface area contributed by atoms with Crippen molar-refractivity contribution < 1.29 is 9.18 Å². The van der Waals surface area contributed by atoms with Gasteiger partial charge in [-0.15, -0.1) is 0 Å². The molecule has 0 fully saturated rings. The van der Waals surface area contributed by atoms with E-state index in [1.165, 1.54) is 17.7 Å². The molecule has 2 aliphatic heterocycles. The number of halogens is 1. The van der Waals surface area contributed by atoms with Crippen LogP contribution < -0.4 is 4.90 Å². The zero-order valence-corrected chi connectivity index (χ0v) is 16.4. The van der Waals surface area contributed by atoms with Crippen LogP contribution >= 0.6 is 0 Å². The van der Waals surface area contributed by atoms with Gasteiger partial charge in [-0.05, 0) is 55.9 Å². The first-order chi connectivity index (χ1) is 14.2. The van der Waals surface area contributed by atoms with Crippen molar-refractivity contribution in [2.75, 3.05) is 11.4 Å². The molecule has 148 valence electrons. The summed E-state index contributed by atoms with van der Waals surface area (Å²) in [7, 11) is 0. The Morgan fingerprint density at radius 1 is 0.931 bits per heavy atom. The Labute approximate surface area is 170 Å². The van der Waals surface area contributed by atoms with Gasteiger partial charge in [-0.3, -0.25) is 4.79 Å². The number of carbonyl (C=O) groups excluding carboxylic acids is 1. The van der Waals surface area contributed by atoms with Gasteiger partial charge < -0.3 is 9.47 Å². The molecular weight excluding hydrogens is 365 g/mol. The molecule has 4 nitrogen and oxygen atoms in total. The van der Waals surface area contributed by atoms with E-state index in [2.05, 4.69) is 10.6 Å². The molecule has 0 atom stereocenters. The van der Waals surface area contributed by atoms with E-state index in [9.17, 15) is 9.18 Å². The van der Waals surface area contributed by atoms with Crippen molar-refractivity contribution >= 4 is 11.6 Å². The van der Waals surface area contributed by atoms with E-state index in [0.29, 0.717) is 18.1 Å². The highest BCUT2D eigenvalue weighted by Crippen LogP contribution is 2.32. The van der Waals surface area contributed by atoms with Crippen LogP contribution in [0, 0.1) is 5.82 Å². The average molecular weight is 389 g/mol. The average Bonchev–Trinajstić information content (AvgIpc) is 2.94. The first-order valence-electron chi connectivity index (χ1n) is 10.5. The largest absolute Gasteiger partial charge is 0.327 e. The van der Waals surface area contributed by atoms with Crippen molar-refractivity contribution in [3.05, 3.63) is 71.3 Å². The summed E-state index contributed by atoms with van der Waals surface area (Å²) in [6, 6.07) is 14.6. The highest BCUT2D eigenvalue weighted by atomic mass is 19.1. The van der Waals surface area contributed by atoms with Gasteiger partial charge in [0.25, 0.3) is 5.91 Å². The molecule has 0 saturated carbocycles. The summed E-state index contributed by atoms with van der Waals surface area (Å²) in [5, 5.41) is 0. The van der Waals surface area contributed by atoms with Crippen LogP contribution in [-0.4, -0.2) is 22.0 Å². The highest BCUT2D eigenvalue weighted by molar-refractivity contribution is 6.06. The zero-order chi connectivity index (χ0) is 19.8. The van der Waals surface area contributed by atoms with Crippen molar-refractivity contribution in [3.63, 3.8) is 0 Å². The lowest BCUT2D eigenvalue weighted by molar-refractivity contribution is 0.0979. The van der Waals surface area contributed by atoms with Crippen molar-refractivity contribution in [2.45, 2.75) is 45.1 Å². The van der Waals surface area contributed by atoms with Gasteiger partial charge in [-0.1, -0.05) is 36.8 Å². The fourth-order valence-corrected chi connectivity index (χ4v) is 4.61. The normalized spacial score (nSPS) is 16.1. The number of carbonyl (C=O) groups is 1. The number of rotatable bonds is 2. The number of fused-ring (bicyclic) bond motifs is 2. The van der Waals surface area contributed by atoms with Crippen LogP contribution in [0.5, 0.6) is 0 Å². The fraction of sp³-hybridized carbons (Fsp3) is 0.333. The molecule has 5 rings (SSSR count). The van der Waals surface area contributed by atoms with Crippen LogP contribution in [0.15, 0.2) is 48.5 Å². The predicted octanol–water partition coefficient (Wildman–Crippen LogP) is 5.01. The lowest BCUT2D eigenvalue weighted by Gasteiger charge is -2.29. The van der Waals surface area contributed by atoms with Crippen LogP contribution in [0.4, 0.5) is 10.1 Å². The maximum absolute atomic E-state index is 13.9. The van der Waals surface area contributed by atoms with Crippen molar-refractivity contribution in [1.29, 1.82) is 0 Å². The molecular formula is C24H24FN3O. The van der Waals surface area contributed by atoms with Crippen LogP contribution in [0.3, 0.4) is 0 Å². The molecule has 3 heterocycles.